The average Bonchev–Trinajstić information content (AvgIpc) is 1.81. The third kappa shape index (κ3) is 28.7. The van der Waals surface area contributed by atoms with Gasteiger partial charge in [-0.3, -0.25) is 72.6 Å². The smallest absolute Gasteiger partial charge is 0.322 e. The predicted molar refractivity (Wildman–Crippen MR) is 433 cm³/mol. The van der Waals surface area contributed by atoms with Crippen LogP contribution in [0.2, 0.25) is 5.02 Å². The van der Waals surface area contributed by atoms with Gasteiger partial charge in [0.25, 0.3) is 0 Å². The Morgan fingerprint density at radius 3 is 1.56 bits per heavy atom. The van der Waals surface area contributed by atoms with E-state index in [9.17, 15) is 62.6 Å². The molecule has 19 N–H and O–H groups in total. The van der Waals surface area contributed by atoms with Crippen LogP contribution in [0.15, 0.2) is 128 Å². The van der Waals surface area contributed by atoms with Crippen LogP contribution in [0, 0.1) is 5.92 Å². The summed E-state index contributed by atoms with van der Waals surface area (Å²) in [7, 11) is 0. The number of nitrogens with two attached hydrogens (primary N) is 2. The lowest BCUT2D eigenvalue weighted by Gasteiger charge is -2.31. The van der Waals surface area contributed by atoms with Gasteiger partial charge in [0, 0.05) is 80.4 Å². The molecule has 4 aromatic carbocycles. The highest BCUT2D eigenvalue weighted by molar-refractivity contribution is 6.30. The van der Waals surface area contributed by atoms with E-state index in [2.05, 4.69) is 85.5 Å². The molecule has 0 unspecified atom stereocenters. The van der Waals surface area contributed by atoms with Gasteiger partial charge < -0.3 is 90.6 Å². The summed E-state index contributed by atoms with van der Waals surface area (Å²) >= 11 is 6.27. The van der Waals surface area contributed by atoms with Crippen LogP contribution in [0.3, 0.4) is 0 Å². The topological polar surface area (TPSA) is 513 Å². The predicted octanol–water partition coefficient (Wildman–Crippen LogP) is 1.02. The molecular formula is C82H105ClN18O16. The number of benzene rings is 4. The number of imide groups is 1. The minimum absolute atomic E-state index is 0.0265. The lowest BCUT2D eigenvalue weighted by atomic mass is 9.93. The third-order valence-corrected chi connectivity index (χ3v) is 20.0. The molecule has 11 atom stereocenters. The van der Waals surface area contributed by atoms with Crippen LogP contribution in [-0.2, 0) is 107 Å². The van der Waals surface area contributed by atoms with Crippen molar-refractivity contribution in [3.05, 3.63) is 172 Å². The third-order valence-electron chi connectivity index (χ3n) is 19.7. The molecule has 2 aliphatic heterocycles. The summed E-state index contributed by atoms with van der Waals surface area (Å²) in [6.07, 6.45) is 8.61. The molecule has 0 radical (unpaired) electrons. The fourth-order valence-electron chi connectivity index (χ4n) is 13.6. The Labute approximate surface area is 682 Å². The van der Waals surface area contributed by atoms with Gasteiger partial charge >= 0.3 is 12.1 Å². The minimum Gasteiger partial charge on any atom is -0.394 e. The van der Waals surface area contributed by atoms with E-state index in [1.54, 1.807) is 50.2 Å². The maximum absolute atomic E-state index is 15.5. The number of hydrogen-bond acceptors (Lipinski definition) is 18. The van der Waals surface area contributed by atoms with Gasteiger partial charge in [0.15, 0.2) is 0 Å². The number of aliphatic hydroxyl groups is 1. The largest absolute Gasteiger partial charge is 0.394 e. The van der Waals surface area contributed by atoms with Crippen molar-refractivity contribution in [3.63, 3.8) is 0 Å². The Morgan fingerprint density at radius 2 is 1.04 bits per heavy atom. The number of halogens is 1. The number of nitrogens with one attached hydrogen (secondary N) is 14. The van der Waals surface area contributed by atoms with Gasteiger partial charge in [0.05, 0.1) is 13.0 Å². The zero-order valence-electron chi connectivity index (χ0n) is 66.1. The number of pyridine rings is 1. The van der Waals surface area contributed by atoms with E-state index in [0.717, 1.165) is 23.1 Å². The number of rotatable bonds is 41. The fourth-order valence-corrected chi connectivity index (χ4v) is 13.7. The van der Waals surface area contributed by atoms with E-state index in [1.807, 2.05) is 38.1 Å². The summed E-state index contributed by atoms with van der Waals surface area (Å²) in [5.41, 5.74) is 15.8. The molecule has 2 fully saturated rings. The number of unbranched alkanes of at least 4 members (excludes halogenated alkanes) is 1. The number of carbonyl (C=O) groups excluding carboxylic acids is 15. The molecule has 2 saturated heterocycles. The second-order valence-corrected chi connectivity index (χ2v) is 30.5. The molecule has 0 saturated carbocycles. The molecule has 0 spiro atoms. The monoisotopic (exact) mass is 1630 g/mol. The van der Waals surface area contributed by atoms with Crippen LogP contribution >= 0.6 is 11.6 Å². The maximum atomic E-state index is 15.5. The van der Waals surface area contributed by atoms with Gasteiger partial charge in [-0.25, -0.2) is 9.59 Å². The molecular weight excluding hydrogens is 1530 g/mol. The van der Waals surface area contributed by atoms with Crippen molar-refractivity contribution in [2.45, 2.75) is 204 Å². The van der Waals surface area contributed by atoms with Gasteiger partial charge in [0.2, 0.25) is 76.8 Å². The molecule has 0 bridgehead atoms. The number of allylic oxidation sites excluding steroid dienone is 2. The molecule has 1 aromatic heterocycles. The number of anilines is 2. The van der Waals surface area contributed by atoms with Crippen LogP contribution in [0.4, 0.5) is 21.0 Å². The van der Waals surface area contributed by atoms with Crippen molar-refractivity contribution < 1.29 is 77.0 Å². The summed E-state index contributed by atoms with van der Waals surface area (Å²) in [6, 6.07) is 10.1. The number of carbonyl (C=O) groups is 15. The quantitative estimate of drug-likeness (QED) is 0.0192. The molecule has 17 amide bonds. The fraction of sp³-hybridized carbons (Fsp3) is 0.439. The highest BCUT2D eigenvalue weighted by Gasteiger charge is 2.41. The number of urea groups is 2. The zero-order chi connectivity index (χ0) is 85.0. The lowest BCUT2D eigenvalue weighted by Crippen LogP contribution is -2.62. The molecule has 34 nitrogen and oxygen atoms in total. The molecule has 1 aliphatic carbocycles. The summed E-state index contributed by atoms with van der Waals surface area (Å²) in [5.74, 6) is -10.9. The van der Waals surface area contributed by atoms with Crippen LogP contribution in [-0.4, -0.2) is 196 Å². The van der Waals surface area contributed by atoms with Crippen molar-refractivity contribution in [1.82, 2.24) is 73.7 Å². The first-order valence-electron chi connectivity index (χ1n) is 39.0. The number of aliphatic hydroxyl groups excluding tert-OH is 1. The second-order valence-electron chi connectivity index (χ2n) is 30.1. The molecule has 626 valence electrons. The first-order chi connectivity index (χ1) is 55.8. The SMILES string of the molecule is CC(=O)N[C@H](Cc1ccc2c(c1)CC=CC2)C(=O)N[C@H](Cc1ccc(Cl)cc1)C(=O)N[C@H](Cc1cccnc1)C(=O)N[C@@H](CO)C(=O)N[C@@H](Cc1ccc(NC(=O)[C@@H]2CC(=O)NC(=O)N2)cc1)C(=O)N[C@H](Cc1ccc(NC(N)=O)cc1)C(=O)N[C@@H](CC(C)C)C(=O)N[C@@H](CCCCNC(C)C)C(=O)N1CCC[C@H]1C(=O)N[C@H](C)C(N)=O. The highest BCUT2D eigenvalue weighted by Crippen LogP contribution is 2.24. The molecule has 117 heavy (non-hydrogen) atoms. The van der Waals surface area contributed by atoms with E-state index >= 15 is 14.4 Å². The summed E-state index contributed by atoms with van der Waals surface area (Å²) in [4.78, 5) is 213. The van der Waals surface area contributed by atoms with Crippen LogP contribution in [0.25, 0.3) is 0 Å². The molecule has 5 aromatic rings. The number of primary amides is 2. The van der Waals surface area contributed by atoms with Gasteiger partial charge in [-0.2, -0.15) is 0 Å². The zero-order valence-corrected chi connectivity index (χ0v) is 66.9. The van der Waals surface area contributed by atoms with E-state index in [0.29, 0.717) is 53.9 Å². The van der Waals surface area contributed by atoms with Crippen molar-refractivity contribution in [3.8, 4) is 0 Å². The second kappa shape index (κ2) is 44.1. The van der Waals surface area contributed by atoms with E-state index in [4.69, 9.17) is 23.1 Å². The number of hydrogen-bond donors (Lipinski definition) is 17. The maximum Gasteiger partial charge on any atom is 0.322 e. The van der Waals surface area contributed by atoms with Gasteiger partial charge in [0.1, 0.15) is 66.5 Å². The van der Waals surface area contributed by atoms with E-state index in [1.165, 1.54) is 79.7 Å². The first-order valence-corrected chi connectivity index (χ1v) is 39.3. The van der Waals surface area contributed by atoms with Crippen molar-refractivity contribution in [1.29, 1.82) is 0 Å². The summed E-state index contributed by atoms with van der Waals surface area (Å²) in [5, 5.41) is 48.6. The molecule has 3 heterocycles. The lowest BCUT2D eigenvalue weighted by molar-refractivity contribution is -0.142. The van der Waals surface area contributed by atoms with Crippen LogP contribution < -0.4 is 85.9 Å². The number of likely N-dealkylation sites (tertiary alicyclic amines) is 1. The van der Waals surface area contributed by atoms with Crippen LogP contribution in [0.5, 0.6) is 0 Å². The van der Waals surface area contributed by atoms with Gasteiger partial charge in [-0.05, 0) is 152 Å². The van der Waals surface area contributed by atoms with Gasteiger partial charge in [-0.1, -0.05) is 112 Å². The Kier molecular flexibility index (Phi) is 34.0. The number of aromatic nitrogens is 1. The Balaban J connectivity index is 1.09. The minimum atomic E-state index is -1.92. The van der Waals surface area contributed by atoms with Crippen molar-refractivity contribution >= 4 is 112 Å². The molecule has 35 heteroatoms. The Morgan fingerprint density at radius 1 is 0.556 bits per heavy atom. The number of amides is 17. The normalized spacial score (nSPS) is 16.5. The summed E-state index contributed by atoms with van der Waals surface area (Å²) < 4.78 is 0. The van der Waals surface area contributed by atoms with Gasteiger partial charge in [-0.15, -0.1) is 0 Å². The first kappa shape index (κ1) is 90.4. The molecule has 8 rings (SSSR count). The molecule has 3 aliphatic rings. The van der Waals surface area contributed by atoms with E-state index in [-0.39, 0.29) is 86.8 Å². The number of fused-ring (bicyclic) bond motifs is 1. The number of nitrogens with zero attached hydrogens (tertiary/aromatic N) is 2. The van der Waals surface area contributed by atoms with E-state index < -0.39 is 168 Å². The average molecular weight is 1630 g/mol. The highest BCUT2D eigenvalue weighted by atomic mass is 35.5. The van der Waals surface area contributed by atoms with Crippen LogP contribution in [0.1, 0.15) is 125 Å². The Hall–Kier alpha value is -12.2. The van der Waals surface area contributed by atoms with Crippen molar-refractivity contribution in [2.24, 2.45) is 17.4 Å². The standard InChI is InChI=1S/C82H105ClN18O16/c1-45(2)35-60(72(107)92-59(16-9-10-33-87-46(3)4)80(115)101-34-12-17-68(101)79(114)88-47(5)70(84)105)93-74(109)63(38-51-23-30-58(31-24-51)91-81(85)116)95-76(111)64(39-50-21-28-57(29-22-50)90-71(106)66-42-69(104)100-82(117)99-66)97-78(113)67(44-102)98-77(112)65(41-53-13-11-32-86-43-53)96-75(110)62(37-49-19-26-56(83)27-20-49)94-73(108)61(89-48(6)103)40-52-18-25-54-14-7-8-15-55(54)36-52/h7-8,11,13,18-32,36,43,45-47,59-68,87,102H,9-10,12,14-17,33-35,37-42,44H2,1-6H3,(H2,84,105)(H,88,114)(H,89,103)(H,90,106)(H,92,107)(H,93,109)(H,94,108)(H,95,111)(H,96,110)(H,97,113)(H,98,112)(H3,85,91,116)(H2,99,100,104,117)/t47-,59+,60+,61-,62-,63-,64+,65-,66+,67+,68+/m1/s1. The summed E-state index contributed by atoms with van der Waals surface area (Å²) in [6.45, 7) is 9.77. The van der Waals surface area contributed by atoms with Crippen molar-refractivity contribution in [2.75, 3.05) is 30.3 Å². The Bertz CT molecular complexity index is 4400.